The standard InChI is InChI=1S/C21H27N3O5S/c1-15-6-8-16(9-7-15)18(13-20(25)29-3)22-21(26)19-12-17(14-23(19)2)30(27,28)24-10-4-5-11-24/h6-9,12,14,18H,4-5,10-11,13H2,1-3H3,(H,22,26). The number of nitrogens with one attached hydrogen (secondary N) is 1. The molecule has 1 atom stereocenters. The molecule has 1 N–H and O–H groups in total. The molecule has 1 aromatic carbocycles. The van der Waals surface area contributed by atoms with E-state index in [1.165, 1.54) is 28.2 Å². The summed E-state index contributed by atoms with van der Waals surface area (Å²) in [5.74, 6) is -0.917. The third kappa shape index (κ3) is 4.73. The van der Waals surface area contributed by atoms with Gasteiger partial charge < -0.3 is 14.6 Å². The average molecular weight is 434 g/mol. The molecule has 3 rings (SSSR count). The van der Waals surface area contributed by atoms with Gasteiger partial charge in [-0.05, 0) is 31.4 Å². The normalized spacial score (nSPS) is 15.7. The van der Waals surface area contributed by atoms with E-state index < -0.39 is 27.9 Å². The van der Waals surface area contributed by atoms with Crippen LogP contribution in [0.4, 0.5) is 0 Å². The van der Waals surface area contributed by atoms with Gasteiger partial charge in [0.15, 0.2) is 0 Å². The number of rotatable bonds is 7. The second kappa shape index (κ2) is 9.01. The molecule has 1 saturated heterocycles. The number of benzene rings is 1. The topological polar surface area (TPSA) is 97.7 Å². The van der Waals surface area contributed by atoms with Crippen LogP contribution in [0, 0.1) is 6.92 Å². The van der Waals surface area contributed by atoms with Gasteiger partial charge in [-0.25, -0.2) is 8.42 Å². The van der Waals surface area contributed by atoms with Crippen LogP contribution in [0.2, 0.25) is 0 Å². The highest BCUT2D eigenvalue weighted by atomic mass is 32.2. The Bertz CT molecular complexity index is 1020. The summed E-state index contributed by atoms with van der Waals surface area (Å²) in [5, 5.41) is 2.84. The zero-order chi connectivity index (χ0) is 21.9. The zero-order valence-corrected chi connectivity index (χ0v) is 18.2. The van der Waals surface area contributed by atoms with Gasteiger partial charge in [0.2, 0.25) is 10.0 Å². The first-order valence-corrected chi connectivity index (χ1v) is 11.3. The third-order valence-corrected chi connectivity index (χ3v) is 7.16. The maximum Gasteiger partial charge on any atom is 0.307 e. The monoisotopic (exact) mass is 433 g/mol. The van der Waals surface area contributed by atoms with E-state index in [1.54, 1.807) is 7.05 Å². The third-order valence-electron chi connectivity index (χ3n) is 5.30. The minimum absolute atomic E-state index is 0.0331. The first-order valence-electron chi connectivity index (χ1n) is 9.83. The van der Waals surface area contributed by atoms with Crippen molar-refractivity contribution in [3.05, 3.63) is 53.3 Å². The minimum atomic E-state index is -3.62. The van der Waals surface area contributed by atoms with Gasteiger partial charge in [0.1, 0.15) is 10.6 Å². The molecule has 2 heterocycles. The van der Waals surface area contributed by atoms with E-state index in [0.717, 1.165) is 24.0 Å². The number of nitrogens with zero attached hydrogens (tertiary/aromatic N) is 2. The first kappa shape index (κ1) is 22.0. The molecule has 1 aliphatic rings. The van der Waals surface area contributed by atoms with Crippen molar-refractivity contribution in [2.75, 3.05) is 20.2 Å². The van der Waals surface area contributed by atoms with Crippen LogP contribution in [0.1, 0.15) is 46.9 Å². The van der Waals surface area contributed by atoms with Gasteiger partial charge >= 0.3 is 5.97 Å². The predicted octanol–water partition coefficient (Wildman–Crippen LogP) is 2.15. The fourth-order valence-electron chi connectivity index (χ4n) is 3.51. The molecule has 1 fully saturated rings. The fourth-order valence-corrected chi connectivity index (χ4v) is 5.10. The van der Waals surface area contributed by atoms with E-state index in [0.29, 0.717) is 13.1 Å². The lowest BCUT2D eigenvalue weighted by atomic mass is 10.0. The molecule has 0 aliphatic carbocycles. The molecule has 8 nitrogen and oxygen atoms in total. The number of carbonyl (C=O) groups excluding carboxylic acids is 2. The molecular weight excluding hydrogens is 406 g/mol. The van der Waals surface area contributed by atoms with E-state index in [9.17, 15) is 18.0 Å². The summed E-state index contributed by atoms with van der Waals surface area (Å²) >= 11 is 0. The summed E-state index contributed by atoms with van der Waals surface area (Å²) in [6.07, 6.45) is 3.09. The number of aromatic nitrogens is 1. The Morgan fingerprint density at radius 3 is 2.40 bits per heavy atom. The number of aryl methyl sites for hydroxylation is 2. The van der Waals surface area contributed by atoms with Crippen LogP contribution in [-0.4, -0.2) is 49.4 Å². The summed E-state index contributed by atoms with van der Waals surface area (Å²) in [6, 6.07) is 8.27. The van der Waals surface area contributed by atoms with Crippen molar-refractivity contribution in [2.24, 2.45) is 7.05 Å². The Kier molecular flexibility index (Phi) is 6.62. The highest BCUT2D eigenvalue weighted by Gasteiger charge is 2.30. The van der Waals surface area contributed by atoms with Gasteiger partial charge in [-0.1, -0.05) is 29.8 Å². The molecule has 0 bridgehead atoms. The number of methoxy groups -OCH3 is 1. The molecule has 0 saturated carbocycles. The average Bonchev–Trinajstić information content (AvgIpc) is 3.38. The molecule has 0 spiro atoms. The van der Waals surface area contributed by atoms with Gasteiger partial charge in [-0.15, -0.1) is 0 Å². The Morgan fingerprint density at radius 1 is 1.17 bits per heavy atom. The number of amides is 1. The Balaban J connectivity index is 1.84. The number of esters is 1. The maximum absolute atomic E-state index is 13.0. The molecule has 2 aromatic rings. The van der Waals surface area contributed by atoms with Crippen LogP contribution in [0.25, 0.3) is 0 Å². The number of sulfonamides is 1. The molecule has 0 radical (unpaired) electrons. The highest BCUT2D eigenvalue weighted by Crippen LogP contribution is 2.24. The lowest BCUT2D eigenvalue weighted by Gasteiger charge is -2.18. The number of hydrogen-bond acceptors (Lipinski definition) is 5. The van der Waals surface area contributed by atoms with Crippen LogP contribution < -0.4 is 5.32 Å². The van der Waals surface area contributed by atoms with Crippen molar-refractivity contribution < 1.29 is 22.7 Å². The Morgan fingerprint density at radius 2 is 1.80 bits per heavy atom. The van der Waals surface area contributed by atoms with E-state index in [1.807, 2.05) is 31.2 Å². The molecule has 1 aromatic heterocycles. The molecule has 9 heteroatoms. The summed E-state index contributed by atoms with van der Waals surface area (Å²) < 4.78 is 33.3. The lowest BCUT2D eigenvalue weighted by molar-refractivity contribution is -0.141. The second-order valence-corrected chi connectivity index (χ2v) is 9.44. The van der Waals surface area contributed by atoms with Gasteiger partial charge in [-0.3, -0.25) is 9.59 Å². The molecule has 162 valence electrons. The quantitative estimate of drug-likeness (QED) is 0.675. The first-order chi connectivity index (χ1) is 14.2. The predicted molar refractivity (Wildman–Crippen MR) is 111 cm³/mol. The summed E-state index contributed by atoms with van der Waals surface area (Å²) in [4.78, 5) is 24.9. The summed E-state index contributed by atoms with van der Waals surface area (Å²) in [6.45, 7) is 2.94. The largest absolute Gasteiger partial charge is 0.469 e. The summed E-state index contributed by atoms with van der Waals surface area (Å²) in [5.41, 5.74) is 2.02. The van der Waals surface area contributed by atoms with E-state index >= 15 is 0 Å². The molecular formula is C21H27N3O5S. The second-order valence-electron chi connectivity index (χ2n) is 7.50. The van der Waals surface area contributed by atoms with Gasteiger partial charge in [0.05, 0.1) is 19.6 Å². The van der Waals surface area contributed by atoms with Crippen LogP contribution in [0.3, 0.4) is 0 Å². The Hall–Kier alpha value is -2.65. The van der Waals surface area contributed by atoms with Crippen molar-refractivity contribution in [3.8, 4) is 0 Å². The van der Waals surface area contributed by atoms with Crippen molar-refractivity contribution >= 4 is 21.9 Å². The SMILES string of the molecule is COC(=O)CC(NC(=O)c1cc(S(=O)(=O)N2CCCC2)cn1C)c1ccc(C)cc1. The molecule has 30 heavy (non-hydrogen) atoms. The van der Waals surface area contributed by atoms with E-state index in [2.05, 4.69) is 5.32 Å². The number of ether oxygens (including phenoxy) is 1. The van der Waals surface area contributed by atoms with E-state index in [4.69, 9.17) is 4.74 Å². The van der Waals surface area contributed by atoms with Crippen molar-refractivity contribution in [2.45, 2.75) is 37.1 Å². The molecule has 1 unspecified atom stereocenters. The summed E-state index contributed by atoms with van der Waals surface area (Å²) in [7, 11) is -0.705. The minimum Gasteiger partial charge on any atom is -0.469 e. The van der Waals surface area contributed by atoms with Crippen LogP contribution >= 0.6 is 0 Å². The zero-order valence-electron chi connectivity index (χ0n) is 17.4. The maximum atomic E-state index is 13.0. The number of carbonyl (C=O) groups is 2. The lowest BCUT2D eigenvalue weighted by Crippen LogP contribution is -2.31. The fraction of sp³-hybridized carbons (Fsp3) is 0.429. The van der Waals surface area contributed by atoms with Crippen LogP contribution in [-0.2, 0) is 26.6 Å². The van der Waals surface area contributed by atoms with Crippen molar-refractivity contribution in [3.63, 3.8) is 0 Å². The van der Waals surface area contributed by atoms with Crippen molar-refractivity contribution in [1.82, 2.24) is 14.2 Å². The van der Waals surface area contributed by atoms with Gasteiger partial charge in [-0.2, -0.15) is 4.31 Å². The van der Waals surface area contributed by atoms with Gasteiger partial charge in [0.25, 0.3) is 5.91 Å². The number of hydrogen-bond donors (Lipinski definition) is 1. The Labute approximate surface area is 176 Å². The van der Waals surface area contributed by atoms with Crippen LogP contribution in [0.5, 0.6) is 0 Å². The van der Waals surface area contributed by atoms with Crippen LogP contribution in [0.15, 0.2) is 41.4 Å². The molecule has 1 aliphatic heterocycles. The van der Waals surface area contributed by atoms with Crippen molar-refractivity contribution in [1.29, 1.82) is 0 Å². The van der Waals surface area contributed by atoms with E-state index in [-0.39, 0.29) is 17.0 Å². The highest BCUT2D eigenvalue weighted by molar-refractivity contribution is 7.89. The van der Waals surface area contributed by atoms with Gasteiger partial charge in [0, 0.05) is 26.3 Å². The molecule has 1 amide bonds. The smallest absolute Gasteiger partial charge is 0.307 e.